The Morgan fingerprint density at radius 3 is 2.47 bits per heavy atom. The standard InChI is InChI=1S/C15H16O3S/c1-12(16)11-18-13-6-5-9-15(10-13)19(17)14-7-3-2-4-8-14/h2-10,12,16H,11H2,1H3. The molecular formula is C15H16O3S. The third kappa shape index (κ3) is 3.91. The molecule has 0 aliphatic carbocycles. The van der Waals surface area contributed by atoms with Gasteiger partial charge < -0.3 is 9.84 Å². The molecule has 0 aromatic heterocycles. The Kier molecular flexibility index (Phi) is 4.71. The first-order chi connectivity index (χ1) is 9.16. The lowest BCUT2D eigenvalue weighted by Gasteiger charge is -2.09. The molecule has 4 heteroatoms. The lowest BCUT2D eigenvalue weighted by Crippen LogP contribution is -2.12. The van der Waals surface area contributed by atoms with Crippen LogP contribution < -0.4 is 4.74 Å². The van der Waals surface area contributed by atoms with E-state index in [1.165, 1.54) is 0 Å². The molecule has 19 heavy (non-hydrogen) atoms. The normalized spacial score (nSPS) is 13.8. The Morgan fingerprint density at radius 2 is 1.79 bits per heavy atom. The van der Waals surface area contributed by atoms with Gasteiger partial charge in [-0.2, -0.15) is 0 Å². The first kappa shape index (κ1) is 13.8. The third-order valence-electron chi connectivity index (χ3n) is 2.47. The summed E-state index contributed by atoms with van der Waals surface area (Å²) in [5.41, 5.74) is 0. The van der Waals surface area contributed by atoms with Gasteiger partial charge in [0.2, 0.25) is 0 Å². The van der Waals surface area contributed by atoms with Crippen LogP contribution in [0, 0.1) is 0 Å². The van der Waals surface area contributed by atoms with Gasteiger partial charge in [0.25, 0.3) is 0 Å². The monoisotopic (exact) mass is 276 g/mol. The molecule has 2 atom stereocenters. The van der Waals surface area contributed by atoms with Crippen molar-refractivity contribution in [1.82, 2.24) is 0 Å². The first-order valence-electron chi connectivity index (χ1n) is 6.04. The van der Waals surface area contributed by atoms with E-state index in [9.17, 15) is 9.32 Å². The van der Waals surface area contributed by atoms with E-state index >= 15 is 0 Å². The second-order valence-corrected chi connectivity index (χ2v) is 5.70. The van der Waals surface area contributed by atoms with Crippen molar-refractivity contribution in [2.45, 2.75) is 22.8 Å². The molecular weight excluding hydrogens is 260 g/mol. The van der Waals surface area contributed by atoms with Crippen LogP contribution in [0.4, 0.5) is 0 Å². The molecule has 2 unspecified atom stereocenters. The van der Waals surface area contributed by atoms with E-state index in [4.69, 9.17) is 4.74 Å². The Morgan fingerprint density at radius 1 is 1.11 bits per heavy atom. The summed E-state index contributed by atoms with van der Waals surface area (Å²) in [5.74, 6) is 0.614. The molecule has 0 heterocycles. The Labute approximate surface area is 115 Å². The summed E-state index contributed by atoms with van der Waals surface area (Å²) in [4.78, 5) is 1.45. The molecule has 2 aromatic rings. The lowest BCUT2D eigenvalue weighted by molar-refractivity contribution is 0.122. The molecule has 0 fully saturated rings. The van der Waals surface area contributed by atoms with E-state index in [1.54, 1.807) is 31.2 Å². The highest BCUT2D eigenvalue weighted by molar-refractivity contribution is 7.85. The number of benzene rings is 2. The average molecular weight is 276 g/mol. The molecule has 0 amide bonds. The highest BCUT2D eigenvalue weighted by Crippen LogP contribution is 2.20. The Balaban J connectivity index is 2.17. The lowest BCUT2D eigenvalue weighted by atomic mass is 10.3. The Hall–Kier alpha value is -1.65. The average Bonchev–Trinajstić information content (AvgIpc) is 2.45. The van der Waals surface area contributed by atoms with E-state index in [1.807, 2.05) is 30.3 Å². The molecule has 0 saturated carbocycles. The quantitative estimate of drug-likeness (QED) is 0.913. The van der Waals surface area contributed by atoms with Gasteiger partial charge in [0.1, 0.15) is 12.4 Å². The van der Waals surface area contributed by atoms with Crippen molar-refractivity contribution in [2.75, 3.05) is 6.61 Å². The topological polar surface area (TPSA) is 46.5 Å². The maximum Gasteiger partial charge on any atom is 0.120 e. The Bertz CT molecular complexity index is 552. The molecule has 0 aliphatic heterocycles. The van der Waals surface area contributed by atoms with Gasteiger partial charge in [0, 0.05) is 9.79 Å². The van der Waals surface area contributed by atoms with Crippen LogP contribution in [0.2, 0.25) is 0 Å². The fourth-order valence-electron chi connectivity index (χ4n) is 1.58. The van der Waals surface area contributed by atoms with Crippen LogP contribution in [0.5, 0.6) is 5.75 Å². The maximum absolute atomic E-state index is 12.3. The predicted octanol–water partition coefficient (Wildman–Crippen LogP) is 2.61. The highest BCUT2D eigenvalue weighted by atomic mass is 32.2. The number of hydrogen-bond acceptors (Lipinski definition) is 3. The van der Waals surface area contributed by atoms with Crippen molar-refractivity contribution < 1.29 is 14.1 Å². The summed E-state index contributed by atoms with van der Waals surface area (Å²) in [6, 6.07) is 16.4. The van der Waals surface area contributed by atoms with Crippen LogP contribution in [0.15, 0.2) is 64.4 Å². The molecule has 0 radical (unpaired) electrons. The minimum atomic E-state index is -1.21. The summed E-state index contributed by atoms with van der Waals surface area (Å²) < 4.78 is 17.8. The van der Waals surface area contributed by atoms with Gasteiger partial charge >= 0.3 is 0 Å². The van der Waals surface area contributed by atoms with Crippen LogP contribution in [0.1, 0.15) is 6.92 Å². The highest BCUT2D eigenvalue weighted by Gasteiger charge is 2.08. The fraction of sp³-hybridized carbons (Fsp3) is 0.200. The van der Waals surface area contributed by atoms with Crippen LogP contribution >= 0.6 is 0 Å². The third-order valence-corrected chi connectivity index (χ3v) is 3.85. The van der Waals surface area contributed by atoms with Crippen LogP contribution in [-0.2, 0) is 10.8 Å². The molecule has 2 rings (SSSR count). The minimum Gasteiger partial charge on any atom is -0.491 e. The van der Waals surface area contributed by atoms with Gasteiger partial charge in [-0.25, -0.2) is 4.21 Å². The summed E-state index contributed by atoms with van der Waals surface area (Å²) in [6.07, 6.45) is -0.525. The first-order valence-corrected chi connectivity index (χ1v) is 7.19. The zero-order valence-electron chi connectivity index (χ0n) is 10.7. The van der Waals surface area contributed by atoms with E-state index in [0.29, 0.717) is 10.6 Å². The number of hydrogen-bond donors (Lipinski definition) is 1. The van der Waals surface area contributed by atoms with Crippen LogP contribution in [0.25, 0.3) is 0 Å². The number of aliphatic hydroxyl groups is 1. The fourth-order valence-corrected chi connectivity index (χ4v) is 2.68. The van der Waals surface area contributed by atoms with Crippen molar-refractivity contribution >= 4 is 10.8 Å². The number of ether oxygens (including phenoxy) is 1. The SMILES string of the molecule is CC(O)COc1cccc(S(=O)c2ccccc2)c1. The van der Waals surface area contributed by atoms with Crippen molar-refractivity contribution in [2.24, 2.45) is 0 Å². The van der Waals surface area contributed by atoms with Crippen molar-refractivity contribution in [3.63, 3.8) is 0 Å². The van der Waals surface area contributed by atoms with Gasteiger partial charge in [0.15, 0.2) is 0 Å². The molecule has 100 valence electrons. The van der Waals surface area contributed by atoms with E-state index < -0.39 is 16.9 Å². The minimum absolute atomic E-state index is 0.224. The zero-order valence-corrected chi connectivity index (χ0v) is 11.5. The van der Waals surface area contributed by atoms with Gasteiger partial charge in [-0.05, 0) is 37.3 Å². The van der Waals surface area contributed by atoms with Gasteiger partial charge in [0.05, 0.1) is 16.9 Å². The van der Waals surface area contributed by atoms with Crippen molar-refractivity contribution in [3.8, 4) is 5.75 Å². The molecule has 0 bridgehead atoms. The van der Waals surface area contributed by atoms with E-state index in [0.717, 1.165) is 4.90 Å². The molecule has 1 N–H and O–H groups in total. The van der Waals surface area contributed by atoms with Gasteiger partial charge in [-0.3, -0.25) is 0 Å². The summed E-state index contributed by atoms with van der Waals surface area (Å²) >= 11 is 0. The molecule has 2 aromatic carbocycles. The molecule has 0 aliphatic rings. The molecule has 0 spiro atoms. The largest absolute Gasteiger partial charge is 0.491 e. The number of rotatable bonds is 5. The summed E-state index contributed by atoms with van der Waals surface area (Å²) in [5, 5.41) is 9.19. The van der Waals surface area contributed by atoms with Crippen molar-refractivity contribution in [3.05, 3.63) is 54.6 Å². The van der Waals surface area contributed by atoms with Gasteiger partial charge in [-0.1, -0.05) is 24.3 Å². The molecule has 0 saturated heterocycles. The molecule has 3 nitrogen and oxygen atoms in total. The summed E-state index contributed by atoms with van der Waals surface area (Å²) in [7, 11) is -1.21. The van der Waals surface area contributed by atoms with Gasteiger partial charge in [-0.15, -0.1) is 0 Å². The predicted molar refractivity (Wildman–Crippen MR) is 74.7 cm³/mol. The zero-order chi connectivity index (χ0) is 13.7. The smallest absolute Gasteiger partial charge is 0.120 e. The van der Waals surface area contributed by atoms with Crippen molar-refractivity contribution in [1.29, 1.82) is 0 Å². The maximum atomic E-state index is 12.3. The van der Waals surface area contributed by atoms with E-state index in [2.05, 4.69) is 0 Å². The summed E-state index contributed by atoms with van der Waals surface area (Å²) in [6.45, 7) is 1.88. The second kappa shape index (κ2) is 6.50. The number of aliphatic hydroxyl groups excluding tert-OH is 1. The van der Waals surface area contributed by atoms with E-state index in [-0.39, 0.29) is 6.61 Å². The van der Waals surface area contributed by atoms with Crippen LogP contribution in [-0.4, -0.2) is 22.0 Å². The second-order valence-electron chi connectivity index (χ2n) is 4.22. The van der Waals surface area contributed by atoms with Crippen LogP contribution in [0.3, 0.4) is 0 Å².